The summed E-state index contributed by atoms with van der Waals surface area (Å²) in [5, 5.41) is 9.23. The SMILES string of the molecule is Cc1ccc(Nc2nn(CN(CC(C)C)[C@@H]3CCS(=O)(=O)C3)c(=S)s2)cc1Cl. The van der Waals surface area contributed by atoms with Crippen molar-refractivity contribution in [3.8, 4) is 0 Å². The Balaban J connectivity index is 1.76. The summed E-state index contributed by atoms with van der Waals surface area (Å²) in [7, 11) is -2.94. The number of benzene rings is 1. The van der Waals surface area contributed by atoms with Gasteiger partial charge in [-0.2, -0.15) is 0 Å². The number of aryl methyl sites for hydroxylation is 1. The normalized spacial score (nSPS) is 18.9. The van der Waals surface area contributed by atoms with E-state index in [1.807, 2.05) is 25.1 Å². The Morgan fingerprint density at radius 1 is 1.46 bits per heavy atom. The van der Waals surface area contributed by atoms with E-state index in [4.69, 9.17) is 23.8 Å². The predicted molar refractivity (Wildman–Crippen MR) is 119 cm³/mol. The second kappa shape index (κ2) is 8.79. The van der Waals surface area contributed by atoms with Crippen molar-refractivity contribution >= 4 is 55.8 Å². The highest BCUT2D eigenvalue weighted by Crippen LogP contribution is 2.26. The lowest BCUT2D eigenvalue weighted by Crippen LogP contribution is -2.40. The van der Waals surface area contributed by atoms with Crippen molar-refractivity contribution in [2.45, 2.75) is 39.9 Å². The topological polar surface area (TPSA) is 67.2 Å². The fourth-order valence-electron chi connectivity index (χ4n) is 3.27. The third kappa shape index (κ3) is 5.54. The van der Waals surface area contributed by atoms with Crippen LogP contribution in [0.15, 0.2) is 18.2 Å². The summed E-state index contributed by atoms with van der Waals surface area (Å²) in [6, 6.07) is 5.78. The molecule has 3 rings (SSSR count). The van der Waals surface area contributed by atoms with Crippen molar-refractivity contribution in [1.82, 2.24) is 14.7 Å². The van der Waals surface area contributed by atoms with Gasteiger partial charge in [0, 0.05) is 23.3 Å². The third-order valence-electron chi connectivity index (χ3n) is 4.67. The zero-order valence-corrected chi connectivity index (χ0v) is 19.4. The van der Waals surface area contributed by atoms with Gasteiger partial charge in [0.25, 0.3) is 0 Å². The molecule has 0 amide bonds. The van der Waals surface area contributed by atoms with E-state index >= 15 is 0 Å². The molecule has 1 aromatic carbocycles. The Hall–Kier alpha value is -1.00. The van der Waals surface area contributed by atoms with E-state index in [9.17, 15) is 8.42 Å². The molecular formula is C18H25ClN4O2S3. The van der Waals surface area contributed by atoms with Gasteiger partial charge in [0.05, 0.1) is 18.2 Å². The Bertz CT molecular complexity index is 1000. The predicted octanol–water partition coefficient (Wildman–Crippen LogP) is 4.48. The maximum atomic E-state index is 11.9. The lowest BCUT2D eigenvalue weighted by atomic mass is 10.1. The van der Waals surface area contributed by atoms with E-state index in [0.29, 0.717) is 33.1 Å². The molecule has 1 saturated heterocycles. The van der Waals surface area contributed by atoms with Crippen LogP contribution in [-0.2, 0) is 16.5 Å². The van der Waals surface area contributed by atoms with Crippen LogP contribution in [0.25, 0.3) is 0 Å². The highest BCUT2D eigenvalue weighted by molar-refractivity contribution is 7.91. The summed E-state index contributed by atoms with van der Waals surface area (Å²) < 4.78 is 26.3. The summed E-state index contributed by atoms with van der Waals surface area (Å²) in [6.07, 6.45) is 0.666. The number of halogens is 1. The standard InChI is InChI=1S/C18H25ClN4O2S3/c1-12(2)9-22(15-6-7-28(24,25)10-15)11-23-18(26)27-17(21-23)20-14-5-4-13(3)16(19)8-14/h4-5,8,12,15H,6-7,9-11H2,1-3H3,(H,20,21)/t15-/m1/s1. The molecule has 1 fully saturated rings. The molecule has 0 radical (unpaired) electrons. The van der Waals surface area contributed by atoms with Crippen molar-refractivity contribution < 1.29 is 8.42 Å². The molecule has 0 spiro atoms. The number of sulfone groups is 1. The molecular weight excluding hydrogens is 436 g/mol. The van der Waals surface area contributed by atoms with Crippen LogP contribution in [0.1, 0.15) is 25.8 Å². The number of rotatable bonds is 7. The molecule has 1 aliphatic rings. The second-order valence-corrected chi connectivity index (χ2v) is 11.9. The molecule has 1 aliphatic heterocycles. The zero-order chi connectivity index (χ0) is 20.5. The summed E-state index contributed by atoms with van der Waals surface area (Å²) in [4.78, 5) is 2.19. The molecule has 0 bridgehead atoms. The van der Waals surface area contributed by atoms with Gasteiger partial charge in [-0.05, 0) is 49.2 Å². The molecule has 154 valence electrons. The maximum absolute atomic E-state index is 11.9. The van der Waals surface area contributed by atoms with Gasteiger partial charge in [-0.25, -0.2) is 13.1 Å². The van der Waals surface area contributed by atoms with Gasteiger partial charge in [-0.15, -0.1) is 5.10 Å². The highest BCUT2D eigenvalue weighted by atomic mass is 35.5. The minimum atomic E-state index is -2.94. The number of hydrogen-bond donors (Lipinski definition) is 1. The Labute approximate surface area is 180 Å². The van der Waals surface area contributed by atoms with E-state index in [1.165, 1.54) is 11.3 Å². The summed E-state index contributed by atoms with van der Waals surface area (Å²) in [5.41, 5.74) is 1.87. The molecule has 0 aliphatic carbocycles. The maximum Gasteiger partial charge on any atom is 0.209 e. The van der Waals surface area contributed by atoms with Gasteiger partial charge in [-0.3, -0.25) is 4.90 Å². The highest BCUT2D eigenvalue weighted by Gasteiger charge is 2.32. The monoisotopic (exact) mass is 460 g/mol. The molecule has 1 atom stereocenters. The molecule has 0 unspecified atom stereocenters. The summed E-state index contributed by atoms with van der Waals surface area (Å²) >= 11 is 13.1. The van der Waals surface area contributed by atoms with Gasteiger partial charge in [0.15, 0.2) is 13.8 Å². The van der Waals surface area contributed by atoms with Gasteiger partial charge in [-0.1, -0.05) is 42.9 Å². The van der Waals surface area contributed by atoms with Crippen LogP contribution in [0, 0.1) is 16.8 Å². The molecule has 28 heavy (non-hydrogen) atoms. The minimum Gasteiger partial charge on any atom is -0.330 e. The summed E-state index contributed by atoms with van der Waals surface area (Å²) in [5.74, 6) is 0.892. The smallest absolute Gasteiger partial charge is 0.209 e. The molecule has 2 heterocycles. The van der Waals surface area contributed by atoms with Crippen LogP contribution in [0.3, 0.4) is 0 Å². The quantitative estimate of drug-likeness (QED) is 0.614. The van der Waals surface area contributed by atoms with Crippen LogP contribution in [-0.4, -0.2) is 47.2 Å². The van der Waals surface area contributed by atoms with E-state index in [-0.39, 0.29) is 17.5 Å². The van der Waals surface area contributed by atoms with Crippen molar-refractivity contribution in [3.63, 3.8) is 0 Å². The lowest BCUT2D eigenvalue weighted by molar-refractivity contribution is 0.138. The van der Waals surface area contributed by atoms with E-state index in [2.05, 4.69) is 29.2 Å². The largest absolute Gasteiger partial charge is 0.330 e. The average molecular weight is 461 g/mol. The first-order valence-electron chi connectivity index (χ1n) is 9.18. The molecule has 0 saturated carbocycles. The van der Waals surface area contributed by atoms with Crippen LogP contribution < -0.4 is 5.32 Å². The summed E-state index contributed by atoms with van der Waals surface area (Å²) in [6.45, 7) is 7.51. The molecule has 1 aromatic heterocycles. The Morgan fingerprint density at radius 2 is 2.21 bits per heavy atom. The van der Waals surface area contributed by atoms with Crippen LogP contribution in [0.2, 0.25) is 5.02 Å². The van der Waals surface area contributed by atoms with Crippen molar-refractivity contribution in [3.05, 3.63) is 32.7 Å². The number of anilines is 2. The number of hydrogen-bond acceptors (Lipinski definition) is 7. The number of nitrogens with one attached hydrogen (secondary N) is 1. The number of aromatic nitrogens is 2. The van der Waals surface area contributed by atoms with E-state index in [1.54, 1.807) is 4.68 Å². The van der Waals surface area contributed by atoms with Crippen LogP contribution in [0.5, 0.6) is 0 Å². The van der Waals surface area contributed by atoms with Gasteiger partial charge in [0.1, 0.15) is 0 Å². The third-order valence-corrected chi connectivity index (χ3v) is 8.05. The minimum absolute atomic E-state index is 0.0170. The van der Waals surface area contributed by atoms with Crippen molar-refractivity contribution in [1.29, 1.82) is 0 Å². The molecule has 1 N–H and O–H groups in total. The van der Waals surface area contributed by atoms with E-state index < -0.39 is 9.84 Å². The molecule has 2 aromatic rings. The van der Waals surface area contributed by atoms with Crippen LogP contribution in [0.4, 0.5) is 10.8 Å². The lowest BCUT2D eigenvalue weighted by Gasteiger charge is -2.29. The molecule has 10 heteroatoms. The zero-order valence-electron chi connectivity index (χ0n) is 16.2. The number of nitrogens with zero attached hydrogens (tertiary/aromatic N) is 3. The van der Waals surface area contributed by atoms with Gasteiger partial charge < -0.3 is 5.32 Å². The van der Waals surface area contributed by atoms with Crippen molar-refractivity contribution in [2.24, 2.45) is 5.92 Å². The fraction of sp³-hybridized carbons (Fsp3) is 0.556. The average Bonchev–Trinajstić information content (AvgIpc) is 3.12. The fourth-order valence-corrected chi connectivity index (χ4v) is 6.22. The second-order valence-electron chi connectivity index (χ2n) is 7.63. The first kappa shape index (κ1) is 21.7. The Morgan fingerprint density at radius 3 is 2.82 bits per heavy atom. The van der Waals surface area contributed by atoms with Crippen LogP contribution >= 0.6 is 35.2 Å². The first-order valence-corrected chi connectivity index (χ1v) is 12.6. The molecule has 6 nitrogen and oxygen atoms in total. The van der Waals surface area contributed by atoms with Gasteiger partial charge in [0.2, 0.25) is 5.13 Å². The first-order chi connectivity index (χ1) is 13.1. The van der Waals surface area contributed by atoms with Crippen molar-refractivity contribution in [2.75, 3.05) is 23.4 Å². The van der Waals surface area contributed by atoms with E-state index in [0.717, 1.165) is 17.8 Å². The Kier molecular flexibility index (Phi) is 6.81. The van der Waals surface area contributed by atoms with Gasteiger partial charge >= 0.3 is 0 Å².